The SMILES string of the molecule is FC(F)(F)c1ccc(Cl)c(CCBr)c1. The van der Waals surface area contributed by atoms with E-state index in [-0.39, 0.29) is 0 Å². The highest BCUT2D eigenvalue weighted by Crippen LogP contribution is 2.31. The summed E-state index contributed by atoms with van der Waals surface area (Å²) in [6.45, 7) is 0. The quantitative estimate of drug-likeness (QED) is 0.712. The van der Waals surface area contributed by atoms with Crippen LogP contribution in [0.5, 0.6) is 0 Å². The molecule has 1 rings (SSSR count). The Kier molecular flexibility index (Phi) is 3.84. The first-order chi connectivity index (χ1) is 6.45. The number of hydrogen-bond acceptors (Lipinski definition) is 0. The Morgan fingerprint density at radius 3 is 2.43 bits per heavy atom. The summed E-state index contributed by atoms with van der Waals surface area (Å²) in [5.74, 6) is 0. The van der Waals surface area contributed by atoms with Gasteiger partial charge in [0.15, 0.2) is 0 Å². The van der Waals surface area contributed by atoms with Gasteiger partial charge in [-0.2, -0.15) is 13.2 Å². The average Bonchev–Trinajstić information content (AvgIpc) is 2.07. The minimum atomic E-state index is -4.30. The molecule has 0 saturated heterocycles. The molecule has 0 spiro atoms. The minimum absolute atomic E-state index is 0.373. The predicted octanol–water partition coefficient (Wildman–Crippen LogP) is 4.30. The van der Waals surface area contributed by atoms with Crippen LogP contribution in [0.25, 0.3) is 0 Å². The topological polar surface area (TPSA) is 0 Å². The van der Waals surface area contributed by atoms with Crippen molar-refractivity contribution in [3.8, 4) is 0 Å². The van der Waals surface area contributed by atoms with Crippen molar-refractivity contribution in [2.24, 2.45) is 0 Å². The van der Waals surface area contributed by atoms with Crippen molar-refractivity contribution in [3.05, 3.63) is 34.3 Å². The molecule has 0 aliphatic heterocycles. The minimum Gasteiger partial charge on any atom is -0.166 e. The highest BCUT2D eigenvalue weighted by Gasteiger charge is 2.30. The van der Waals surface area contributed by atoms with E-state index in [4.69, 9.17) is 11.6 Å². The predicted molar refractivity (Wildman–Crippen MR) is 54.0 cm³/mol. The average molecular weight is 288 g/mol. The maximum absolute atomic E-state index is 12.3. The van der Waals surface area contributed by atoms with Crippen LogP contribution in [0.3, 0.4) is 0 Å². The number of hydrogen-bond donors (Lipinski definition) is 0. The number of benzene rings is 1. The van der Waals surface area contributed by atoms with Crippen molar-refractivity contribution >= 4 is 27.5 Å². The smallest absolute Gasteiger partial charge is 0.166 e. The molecule has 14 heavy (non-hydrogen) atoms. The van der Waals surface area contributed by atoms with E-state index in [9.17, 15) is 13.2 Å². The zero-order valence-electron chi connectivity index (χ0n) is 7.04. The monoisotopic (exact) mass is 286 g/mol. The molecule has 0 fully saturated rings. The lowest BCUT2D eigenvalue weighted by Gasteiger charge is -2.09. The summed E-state index contributed by atoms with van der Waals surface area (Å²) in [5.41, 5.74) is -0.142. The molecule has 0 saturated carbocycles. The molecule has 0 atom stereocenters. The van der Waals surface area contributed by atoms with Gasteiger partial charge in [-0.1, -0.05) is 27.5 Å². The van der Waals surface area contributed by atoms with Crippen molar-refractivity contribution in [1.82, 2.24) is 0 Å². The molecule has 0 N–H and O–H groups in total. The van der Waals surface area contributed by atoms with E-state index in [0.29, 0.717) is 22.3 Å². The third-order valence-corrected chi connectivity index (χ3v) is 2.50. The molecule has 0 nitrogen and oxygen atoms in total. The number of aryl methyl sites for hydroxylation is 1. The van der Waals surface area contributed by atoms with Crippen molar-refractivity contribution in [1.29, 1.82) is 0 Å². The number of halogens is 5. The Bertz CT molecular complexity index is 322. The zero-order valence-corrected chi connectivity index (χ0v) is 9.38. The van der Waals surface area contributed by atoms with E-state index >= 15 is 0 Å². The van der Waals surface area contributed by atoms with Gasteiger partial charge in [0.2, 0.25) is 0 Å². The Balaban J connectivity index is 3.06. The van der Waals surface area contributed by atoms with Gasteiger partial charge in [0, 0.05) is 10.4 Å². The zero-order chi connectivity index (χ0) is 10.8. The summed E-state index contributed by atoms with van der Waals surface area (Å²) in [4.78, 5) is 0. The summed E-state index contributed by atoms with van der Waals surface area (Å²) >= 11 is 8.89. The van der Waals surface area contributed by atoms with Crippen LogP contribution in [0, 0.1) is 0 Å². The van der Waals surface area contributed by atoms with Gasteiger partial charge in [0.25, 0.3) is 0 Å². The number of alkyl halides is 4. The van der Waals surface area contributed by atoms with Crippen LogP contribution in [0.2, 0.25) is 5.02 Å². The molecule has 78 valence electrons. The molecule has 5 heteroatoms. The lowest BCUT2D eigenvalue weighted by molar-refractivity contribution is -0.137. The summed E-state index contributed by atoms with van der Waals surface area (Å²) in [6, 6.07) is 3.35. The van der Waals surface area contributed by atoms with Crippen molar-refractivity contribution in [3.63, 3.8) is 0 Å². The first-order valence-corrected chi connectivity index (χ1v) is 5.36. The van der Waals surface area contributed by atoms with Crippen LogP contribution in [0.15, 0.2) is 18.2 Å². The first-order valence-electron chi connectivity index (χ1n) is 3.86. The van der Waals surface area contributed by atoms with Crippen LogP contribution in [-0.2, 0) is 12.6 Å². The maximum atomic E-state index is 12.3. The van der Waals surface area contributed by atoms with E-state index in [1.54, 1.807) is 0 Å². The fourth-order valence-electron chi connectivity index (χ4n) is 1.04. The second-order valence-electron chi connectivity index (χ2n) is 2.74. The van der Waals surface area contributed by atoms with Crippen LogP contribution in [0.1, 0.15) is 11.1 Å². The molecule has 0 unspecified atom stereocenters. The Labute approximate surface area is 93.2 Å². The van der Waals surface area contributed by atoms with Gasteiger partial charge in [-0.05, 0) is 30.2 Å². The molecule has 0 amide bonds. The Morgan fingerprint density at radius 1 is 1.29 bits per heavy atom. The van der Waals surface area contributed by atoms with Gasteiger partial charge < -0.3 is 0 Å². The summed E-state index contributed by atoms with van der Waals surface area (Å²) < 4.78 is 36.9. The van der Waals surface area contributed by atoms with E-state index in [1.807, 2.05) is 0 Å². The van der Waals surface area contributed by atoms with Crippen molar-refractivity contribution in [2.75, 3.05) is 5.33 Å². The number of rotatable bonds is 2. The second-order valence-corrected chi connectivity index (χ2v) is 3.94. The third kappa shape index (κ3) is 2.89. The van der Waals surface area contributed by atoms with Crippen LogP contribution in [-0.4, -0.2) is 5.33 Å². The third-order valence-electron chi connectivity index (χ3n) is 1.74. The van der Waals surface area contributed by atoms with E-state index in [0.717, 1.165) is 12.1 Å². The highest BCUT2D eigenvalue weighted by atomic mass is 79.9. The Hall–Kier alpha value is -0.220. The van der Waals surface area contributed by atoms with E-state index < -0.39 is 11.7 Å². The molecule has 1 aromatic rings. The van der Waals surface area contributed by atoms with Gasteiger partial charge in [0.05, 0.1) is 5.56 Å². The summed E-state index contributed by atoms with van der Waals surface area (Å²) in [5, 5.41) is 0.964. The molecule has 0 aliphatic carbocycles. The summed E-state index contributed by atoms with van der Waals surface area (Å²) in [7, 11) is 0. The lowest BCUT2D eigenvalue weighted by atomic mass is 10.1. The molecular formula is C9H7BrClF3. The van der Waals surface area contributed by atoms with Gasteiger partial charge in [-0.25, -0.2) is 0 Å². The van der Waals surface area contributed by atoms with Gasteiger partial charge in [-0.3, -0.25) is 0 Å². The molecule has 0 bridgehead atoms. The molecule has 0 aliphatic rings. The van der Waals surface area contributed by atoms with Crippen LogP contribution >= 0.6 is 27.5 Å². The largest absolute Gasteiger partial charge is 0.416 e. The molecule has 0 aromatic heterocycles. The summed E-state index contributed by atoms with van der Waals surface area (Å²) in [6.07, 6.45) is -3.81. The molecule has 1 aromatic carbocycles. The lowest BCUT2D eigenvalue weighted by Crippen LogP contribution is -2.05. The standard InChI is InChI=1S/C9H7BrClF3/c10-4-3-6-5-7(9(12,13)14)1-2-8(6)11/h1-2,5H,3-4H2. The van der Waals surface area contributed by atoms with E-state index in [1.165, 1.54) is 6.07 Å². The van der Waals surface area contributed by atoms with Gasteiger partial charge >= 0.3 is 6.18 Å². The second kappa shape index (κ2) is 4.53. The van der Waals surface area contributed by atoms with Crippen LogP contribution < -0.4 is 0 Å². The molecular weight excluding hydrogens is 280 g/mol. The first kappa shape index (κ1) is 11.9. The van der Waals surface area contributed by atoms with Crippen LogP contribution in [0.4, 0.5) is 13.2 Å². The van der Waals surface area contributed by atoms with Crippen molar-refractivity contribution < 1.29 is 13.2 Å². The normalized spacial score (nSPS) is 11.8. The fourth-order valence-corrected chi connectivity index (χ4v) is 1.68. The van der Waals surface area contributed by atoms with Gasteiger partial charge in [0.1, 0.15) is 0 Å². The fraction of sp³-hybridized carbons (Fsp3) is 0.333. The highest BCUT2D eigenvalue weighted by molar-refractivity contribution is 9.09. The molecule has 0 heterocycles. The van der Waals surface area contributed by atoms with Crippen molar-refractivity contribution in [2.45, 2.75) is 12.6 Å². The van der Waals surface area contributed by atoms with Gasteiger partial charge in [-0.15, -0.1) is 0 Å². The Morgan fingerprint density at radius 2 is 1.93 bits per heavy atom. The maximum Gasteiger partial charge on any atom is 0.416 e. The molecule has 0 radical (unpaired) electrons. The van der Waals surface area contributed by atoms with E-state index in [2.05, 4.69) is 15.9 Å².